The number of benzene rings is 1. The fourth-order valence-electron chi connectivity index (χ4n) is 3.23. The third-order valence-electron chi connectivity index (χ3n) is 4.72. The van der Waals surface area contributed by atoms with Crippen molar-refractivity contribution in [1.29, 1.82) is 0 Å². The zero-order valence-corrected chi connectivity index (χ0v) is 17.6. The zero-order chi connectivity index (χ0) is 19.8. The number of amides is 1. The molecule has 1 unspecified atom stereocenters. The number of rotatable bonds is 3. The van der Waals surface area contributed by atoms with Gasteiger partial charge in [-0.1, -0.05) is 35.0 Å². The van der Waals surface area contributed by atoms with Crippen LogP contribution in [-0.2, 0) is 4.74 Å². The summed E-state index contributed by atoms with van der Waals surface area (Å²) in [7, 11) is 0. The smallest absolute Gasteiger partial charge is 0.411 e. The van der Waals surface area contributed by atoms with E-state index >= 15 is 4.39 Å². The molecule has 1 aliphatic rings. The van der Waals surface area contributed by atoms with Crippen molar-refractivity contribution in [1.82, 2.24) is 14.9 Å². The van der Waals surface area contributed by atoms with Crippen LogP contribution in [0.2, 0.25) is 0 Å². The molecule has 1 aromatic carbocycles. The fourth-order valence-corrected chi connectivity index (χ4v) is 3.50. The van der Waals surface area contributed by atoms with Crippen LogP contribution in [0.3, 0.4) is 0 Å². The Morgan fingerprint density at radius 1 is 1.41 bits per heavy atom. The van der Waals surface area contributed by atoms with Gasteiger partial charge in [0.05, 0.1) is 24.5 Å². The molecule has 27 heavy (non-hydrogen) atoms. The monoisotopic (exact) mass is 437 g/mol. The number of aromatic amines is 1. The van der Waals surface area contributed by atoms with Crippen molar-refractivity contribution in [2.75, 3.05) is 6.54 Å². The van der Waals surface area contributed by atoms with Crippen molar-refractivity contribution in [2.45, 2.75) is 57.8 Å². The first-order chi connectivity index (χ1) is 12.6. The first kappa shape index (κ1) is 19.9. The SMILES string of the molecule is CCC1(F)C[C@@H](c2ncc(-c3ccc(Br)cc3)[nH]2)N(C(=O)OC(C)(C)C)C1. The summed E-state index contributed by atoms with van der Waals surface area (Å²) in [6.45, 7) is 7.22. The van der Waals surface area contributed by atoms with Gasteiger partial charge in [0.15, 0.2) is 0 Å². The summed E-state index contributed by atoms with van der Waals surface area (Å²) < 4.78 is 21.6. The molecular weight excluding hydrogens is 413 g/mol. The highest BCUT2D eigenvalue weighted by Gasteiger charge is 2.48. The van der Waals surface area contributed by atoms with Gasteiger partial charge in [0, 0.05) is 10.9 Å². The highest BCUT2D eigenvalue weighted by Crippen LogP contribution is 2.42. The summed E-state index contributed by atoms with van der Waals surface area (Å²) >= 11 is 3.42. The van der Waals surface area contributed by atoms with E-state index < -0.39 is 23.4 Å². The van der Waals surface area contributed by atoms with Gasteiger partial charge in [-0.3, -0.25) is 4.90 Å². The van der Waals surface area contributed by atoms with Crippen LogP contribution in [-0.4, -0.2) is 38.8 Å². The first-order valence-electron chi connectivity index (χ1n) is 9.09. The van der Waals surface area contributed by atoms with Crippen LogP contribution < -0.4 is 0 Å². The first-order valence-corrected chi connectivity index (χ1v) is 9.89. The van der Waals surface area contributed by atoms with Gasteiger partial charge in [0.25, 0.3) is 0 Å². The molecule has 1 fully saturated rings. The Morgan fingerprint density at radius 2 is 2.07 bits per heavy atom. The Hall–Kier alpha value is -1.89. The third kappa shape index (κ3) is 4.51. The number of carbonyl (C=O) groups is 1. The number of imidazole rings is 1. The molecular formula is C20H25BrFN3O2. The number of alkyl halides is 1. The maximum Gasteiger partial charge on any atom is 0.411 e. The van der Waals surface area contributed by atoms with Crippen molar-refractivity contribution in [3.05, 3.63) is 40.8 Å². The molecule has 7 heteroatoms. The van der Waals surface area contributed by atoms with Crippen LogP contribution in [0.15, 0.2) is 34.9 Å². The topological polar surface area (TPSA) is 58.2 Å². The van der Waals surface area contributed by atoms with Crippen LogP contribution in [0.4, 0.5) is 9.18 Å². The lowest BCUT2D eigenvalue weighted by Gasteiger charge is -2.27. The predicted octanol–water partition coefficient (Wildman–Crippen LogP) is 5.64. The molecule has 2 heterocycles. The second kappa shape index (κ2) is 7.26. The molecule has 0 bridgehead atoms. The van der Waals surface area contributed by atoms with Crippen molar-refractivity contribution < 1.29 is 13.9 Å². The molecule has 1 saturated heterocycles. The number of halogens is 2. The van der Waals surface area contributed by atoms with Crippen LogP contribution in [0, 0.1) is 0 Å². The molecule has 146 valence electrons. The maximum absolute atomic E-state index is 15.1. The maximum atomic E-state index is 15.1. The Kier molecular flexibility index (Phi) is 5.34. The second-order valence-corrected chi connectivity index (χ2v) is 8.94. The second-order valence-electron chi connectivity index (χ2n) is 8.02. The van der Waals surface area contributed by atoms with Crippen LogP contribution in [0.1, 0.15) is 52.4 Å². The Bertz CT molecular complexity index is 815. The van der Waals surface area contributed by atoms with Gasteiger partial charge >= 0.3 is 6.09 Å². The largest absolute Gasteiger partial charge is 0.444 e. The Labute approximate surface area is 167 Å². The van der Waals surface area contributed by atoms with E-state index in [1.54, 1.807) is 33.9 Å². The molecule has 2 aromatic rings. The number of hydrogen-bond donors (Lipinski definition) is 1. The number of ether oxygens (including phenoxy) is 1. The lowest BCUT2D eigenvalue weighted by molar-refractivity contribution is 0.0192. The van der Waals surface area contributed by atoms with Gasteiger partial charge in [-0.05, 0) is 44.9 Å². The third-order valence-corrected chi connectivity index (χ3v) is 5.25. The van der Waals surface area contributed by atoms with E-state index in [9.17, 15) is 4.79 Å². The quantitative estimate of drug-likeness (QED) is 0.675. The average Bonchev–Trinajstić information content (AvgIpc) is 3.19. The number of carbonyl (C=O) groups excluding carboxylic acids is 1. The molecule has 2 atom stereocenters. The van der Waals surface area contributed by atoms with Gasteiger partial charge < -0.3 is 9.72 Å². The summed E-state index contributed by atoms with van der Waals surface area (Å²) in [5, 5.41) is 0. The van der Waals surface area contributed by atoms with Gasteiger partial charge in [-0.2, -0.15) is 0 Å². The minimum absolute atomic E-state index is 0.0113. The number of hydrogen-bond acceptors (Lipinski definition) is 3. The van der Waals surface area contributed by atoms with E-state index in [1.807, 2.05) is 24.3 Å². The summed E-state index contributed by atoms with van der Waals surface area (Å²) in [5.74, 6) is 0.576. The van der Waals surface area contributed by atoms with Crippen molar-refractivity contribution in [3.63, 3.8) is 0 Å². The standard InChI is InChI=1S/C20H25BrFN3O2/c1-5-20(22)10-16(25(12-20)18(26)27-19(2,3)4)17-23-11-15(24-17)13-6-8-14(21)9-7-13/h6-9,11,16H,5,10,12H2,1-4H3,(H,23,24)/t16-,20?/m0/s1. The van der Waals surface area contributed by atoms with E-state index in [0.29, 0.717) is 12.2 Å². The van der Waals surface area contributed by atoms with Crippen LogP contribution in [0.5, 0.6) is 0 Å². The number of likely N-dealkylation sites (tertiary alicyclic amines) is 1. The summed E-state index contributed by atoms with van der Waals surface area (Å²) in [4.78, 5) is 21.8. The number of nitrogens with one attached hydrogen (secondary N) is 1. The molecule has 0 radical (unpaired) electrons. The molecule has 5 nitrogen and oxygen atoms in total. The summed E-state index contributed by atoms with van der Waals surface area (Å²) in [5.41, 5.74) is -0.275. The predicted molar refractivity (Wildman–Crippen MR) is 106 cm³/mol. The molecule has 1 aromatic heterocycles. The van der Waals surface area contributed by atoms with E-state index in [4.69, 9.17) is 4.74 Å². The number of nitrogens with zero attached hydrogens (tertiary/aromatic N) is 2. The van der Waals surface area contributed by atoms with Gasteiger partial charge in [0.2, 0.25) is 0 Å². The molecule has 0 saturated carbocycles. The molecule has 1 aliphatic heterocycles. The molecule has 0 spiro atoms. The Balaban J connectivity index is 1.88. The summed E-state index contributed by atoms with van der Waals surface area (Å²) in [6.07, 6.45) is 1.75. The lowest BCUT2D eigenvalue weighted by atomic mass is 9.99. The zero-order valence-electron chi connectivity index (χ0n) is 16.1. The van der Waals surface area contributed by atoms with Gasteiger partial charge in [0.1, 0.15) is 17.1 Å². The molecule has 1 amide bonds. The van der Waals surface area contributed by atoms with Crippen LogP contribution >= 0.6 is 15.9 Å². The van der Waals surface area contributed by atoms with E-state index in [1.165, 1.54) is 4.90 Å². The van der Waals surface area contributed by atoms with Gasteiger partial charge in [-0.15, -0.1) is 0 Å². The normalized spacial score (nSPS) is 22.9. The van der Waals surface area contributed by atoms with E-state index in [2.05, 4.69) is 25.9 Å². The van der Waals surface area contributed by atoms with E-state index in [0.717, 1.165) is 15.7 Å². The fraction of sp³-hybridized carbons (Fsp3) is 0.500. The highest BCUT2D eigenvalue weighted by molar-refractivity contribution is 9.10. The molecule has 3 rings (SSSR count). The van der Waals surface area contributed by atoms with Crippen molar-refractivity contribution in [3.8, 4) is 11.3 Å². The van der Waals surface area contributed by atoms with Gasteiger partial charge in [-0.25, -0.2) is 14.2 Å². The number of aromatic nitrogens is 2. The number of H-pyrrole nitrogens is 1. The van der Waals surface area contributed by atoms with Crippen LogP contribution in [0.25, 0.3) is 11.3 Å². The van der Waals surface area contributed by atoms with Crippen molar-refractivity contribution >= 4 is 22.0 Å². The minimum atomic E-state index is -1.44. The molecule has 1 N–H and O–H groups in total. The summed E-state index contributed by atoms with van der Waals surface area (Å²) in [6, 6.07) is 7.35. The average molecular weight is 438 g/mol. The Morgan fingerprint density at radius 3 is 2.67 bits per heavy atom. The van der Waals surface area contributed by atoms with Crippen molar-refractivity contribution in [2.24, 2.45) is 0 Å². The highest BCUT2D eigenvalue weighted by atomic mass is 79.9. The van der Waals surface area contributed by atoms with E-state index in [-0.39, 0.29) is 13.0 Å². The molecule has 0 aliphatic carbocycles. The lowest BCUT2D eigenvalue weighted by Crippen LogP contribution is -2.38. The minimum Gasteiger partial charge on any atom is -0.444 e.